The van der Waals surface area contributed by atoms with E-state index in [1.165, 1.54) is 37.3 Å². The minimum atomic E-state index is -0.848. The van der Waals surface area contributed by atoms with Crippen molar-refractivity contribution in [2.75, 3.05) is 0 Å². The SMILES string of the molecule is CC(/C=C/C(=O)O)[C@H]1CCC2[C@@H]3C=CC4=CC(=O)CC[C@]4(C)C3CC[C@@]21C. The monoisotopic (exact) mass is 368 g/mol. The lowest BCUT2D eigenvalue weighted by atomic mass is 9.48. The molecule has 0 bridgehead atoms. The Morgan fingerprint density at radius 1 is 1.22 bits per heavy atom. The van der Waals surface area contributed by atoms with Gasteiger partial charge in [0, 0.05) is 12.5 Å². The van der Waals surface area contributed by atoms with E-state index in [2.05, 4.69) is 32.9 Å². The standard InChI is InChI=1S/C24H32O3/c1-15(4-9-22(26)27)19-7-8-20-18-6-5-16-14-17(25)10-12-23(16,2)21(18)11-13-24(19,20)3/h4-6,9,14-15,18-21H,7-8,10-13H2,1-3H3,(H,26,27)/b9-4+/t15?,18-,19+,20?,21?,23-,24+/m0/s1. The third-order valence-electron chi connectivity index (χ3n) is 8.77. The molecule has 0 aromatic heterocycles. The Labute approximate surface area is 162 Å². The molecule has 4 aliphatic carbocycles. The Bertz CT molecular complexity index is 745. The van der Waals surface area contributed by atoms with Gasteiger partial charge in [0.05, 0.1) is 0 Å². The summed E-state index contributed by atoms with van der Waals surface area (Å²) in [7, 11) is 0. The van der Waals surface area contributed by atoms with E-state index in [9.17, 15) is 9.59 Å². The molecular formula is C24H32O3. The van der Waals surface area contributed by atoms with E-state index in [1.807, 2.05) is 12.2 Å². The molecule has 0 amide bonds. The van der Waals surface area contributed by atoms with E-state index in [1.54, 1.807) is 0 Å². The number of carbonyl (C=O) groups excluding carboxylic acids is 1. The normalized spacial score (nSPS) is 44.4. The third-order valence-corrected chi connectivity index (χ3v) is 8.77. The molecule has 3 nitrogen and oxygen atoms in total. The summed E-state index contributed by atoms with van der Waals surface area (Å²) >= 11 is 0. The van der Waals surface area contributed by atoms with Crippen LogP contribution in [-0.2, 0) is 9.59 Å². The van der Waals surface area contributed by atoms with Gasteiger partial charge < -0.3 is 5.11 Å². The first-order valence-electron chi connectivity index (χ1n) is 10.6. The number of fused-ring (bicyclic) bond motifs is 5. The molecular weight excluding hydrogens is 336 g/mol. The van der Waals surface area contributed by atoms with Crippen LogP contribution in [-0.4, -0.2) is 16.9 Å². The Hall–Kier alpha value is -1.64. The van der Waals surface area contributed by atoms with Gasteiger partial charge in [0.1, 0.15) is 0 Å². The zero-order chi connectivity index (χ0) is 19.4. The smallest absolute Gasteiger partial charge is 0.327 e. The van der Waals surface area contributed by atoms with E-state index in [4.69, 9.17) is 5.11 Å². The highest BCUT2D eigenvalue weighted by molar-refractivity contribution is 5.92. The largest absolute Gasteiger partial charge is 0.478 e. The first-order chi connectivity index (χ1) is 12.8. The summed E-state index contributed by atoms with van der Waals surface area (Å²) in [5.41, 5.74) is 1.70. The first-order valence-corrected chi connectivity index (χ1v) is 10.6. The Morgan fingerprint density at radius 3 is 2.74 bits per heavy atom. The molecule has 4 rings (SSSR count). The van der Waals surface area contributed by atoms with Gasteiger partial charge in [-0.3, -0.25) is 4.79 Å². The van der Waals surface area contributed by atoms with E-state index in [0.717, 1.165) is 6.42 Å². The van der Waals surface area contributed by atoms with Crippen LogP contribution in [0.2, 0.25) is 0 Å². The summed E-state index contributed by atoms with van der Waals surface area (Å²) in [5, 5.41) is 8.99. The van der Waals surface area contributed by atoms with Crippen molar-refractivity contribution in [1.29, 1.82) is 0 Å². The van der Waals surface area contributed by atoms with Crippen LogP contribution < -0.4 is 0 Å². The first kappa shape index (κ1) is 18.7. The second-order valence-corrected chi connectivity index (χ2v) is 9.92. The second kappa shape index (κ2) is 6.46. The van der Waals surface area contributed by atoms with Crippen LogP contribution in [0.5, 0.6) is 0 Å². The predicted molar refractivity (Wildman–Crippen MR) is 106 cm³/mol. The zero-order valence-corrected chi connectivity index (χ0v) is 16.8. The van der Waals surface area contributed by atoms with E-state index >= 15 is 0 Å². The van der Waals surface area contributed by atoms with Crippen LogP contribution in [0.25, 0.3) is 0 Å². The summed E-state index contributed by atoms with van der Waals surface area (Å²) in [6.45, 7) is 7.04. The average Bonchev–Trinajstić information content (AvgIpc) is 2.97. The Kier molecular flexibility index (Phi) is 4.48. The van der Waals surface area contributed by atoms with Crippen LogP contribution in [0.1, 0.15) is 59.3 Å². The molecule has 146 valence electrons. The summed E-state index contributed by atoms with van der Waals surface area (Å²) in [6.07, 6.45) is 16.4. The lowest BCUT2D eigenvalue weighted by Gasteiger charge is -2.56. The number of ketones is 1. The van der Waals surface area contributed by atoms with Crippen LogP contribution in [0.3, 0.4) is 0 Å². The second-order valence-electron chi connectivity index (χ2n) is 9.92. The van der Waals surface area contributed by atoms with Crippen molar-refractivity contribution < 1.29 is 14.7 Å². The molecule has 4 aliphatic rings. The molecule has 2 fully saturated rings. The molecule has 7 atom stereocenters. The van der Waals surface area contributed by atoms with Crippen LogP contribution in [0, 0.1) is 40.4 Å². The molecule has 0 heterocycles. The number of carboxylic acids is 1. The topological polar surface area (TPSA) is 54.4 Å². The van der Waals surface area contributed by atoms with Crippen molar-refractivity contribution in [3.05, 3.63) is 36.0 Å². The number of allylic oxidation sites excluding steroid dienone is 5. The van der Waals surface area contributed by atoms with Crippen LogP contribution in [0.15, 0.2) is 36.0 Å². The quantitative estimate of drug-likeness (QED) is 0.698. The molecule has 1 N–H and O–H groups in total. The number of hydrogen-bond donors (Lipinski definition) is 1. The maximum absolute atomic E-state index is 11.9. The summed E-state index contributed by atoms with van der Waals surface area (Å²) in [6, 6.07) is 0. The summed E-state index contributed by atoms with van der Waals surface area (Å²) in [5.74, 6) is 2.21. The van der Waals surface area contributed by atoms with E-state index in [-0.39, 0.29) is 16.6 Å². The van der Waals surface area contributed by atoms with Crippen LogP contribution in [0.4, 0.5) is 0 Å². The number of aliphatic carboxylic acids is 1. The highest BCUT2D eigenvalue weighted by Gasteiger charge is 2.58. The molecule has 3 unspecified atom stereocenters. The number of carbonyl (C=O) groups is 2. The highest BCUT2D eigenvalue weighted by atomic mass is 16.4. The van der Waals surface area contributed by atoms with Gasteiger partial charge in [-0.2, -0.15) is 0 Å². The van der Waals surface area contributed by atoms with E-state index < -0.39 is 5.97 Å². The molecule has 0 radical (unpaired) electrons. The number of carboxylic acid groups (broad SMARTS) is 1. The minimum absolute atomic E-state index is 0.154. The van der Waals surface area contributed by atoms with Crippen LogP contribution >= 0.6 is 0 Å². The fourth-order valence-corrected chi connectivity index (χ4v) is 7.27. The summed E-state index contributed by atoms with van der Waals surface area (Å²) in [4.78, 5) is 22.9. The van der Waals surface area contributed by atoms with Gasteiger partial charge in [-0.25, -0.2) is 4.79 Å². The fourth-order valence-electron chi connectivity index (χ4n) is 7.27. The van der Waals surface area contributed by atoms with Crippen molar-refractivity contribution >= 4 is 11.8 Å². The molecule has 0 spiro atoms. The maximum Gasteiger partial charge on any atom is 0.327 e. The van der Waals surface area contributed by atoms with Gasteiger partial charge in [0.2, 0.25) is 0 Å². The third kappa shape index (κ3) is 2.85. The Balaban J connectivity index is 1.62. The van der Waals surface area contributed by atoms with Crippen molar-refractivity contribution in [2.24, 2.45) is 40.4 Å². The van der Waals surface area contributed by atoms with Gasteiger partial charge >= 0.3 is 5.97 Å². The van der Waals surface area contributed by atoms with Gasteiger partial charge in [-0.05, 0) is 84.2 Å². The van der Waals surface area contributed by atoms with Gasteiger partial charge in [0.25, 0.3) is 0 Å². The predicted octanol–water partition coefficient (Wildman–Crippen LogP) is 5.19. The molecule has 0 saturated heterocycles. The highest BCUT2D eigenvalue weighted by Crippen LogP contribution is 2.66. The minimum Gasteiger partial charge on any atom is -0.478 e. The average molecular weight is 369 g/mol. The molecule has 2 saturated carbocycles. The number of rotatable bonds is 3. The number of hydrogen-bond acceptors (Lipinski definition) is 2. The molecule has 0 aromatic carbocycles. The maximum atomic E-state index is 11.9. The van der Waals surface area contributed by atoms with Crippen molar-refractivity contribution in [1.82, 2.24) is 0 Å². The van der Waals surface area contributed by atoms with Gasteiger partial charge in [-0.1, -0.05) is 39.0 Å². The molecule has 0 aromatic rings. The van der Waals surface area contributed by atoms with Crippen molar-refractivity contribution in [3.63, 3.8) is 0 Å². The molecule has 27 heavy (non-hydrogen) atoms. The molecule has 3 heteroatoms. The van der Waals surface area contributed by atoms with E-state index in [0.29, 0.717) is 36.0 Å². The Morgan fingerprint density at radius 2 is 2.00 bits per heavy atom. The molecule has 0 aliphatic heterocycles. The lowest BCUT2D eigenvalue weighted by Crippen LogP contribution is -2.49. The van der Waals surface area contributed by atoms with Crippen molar-refractivity contribution in [3.8, 4) is 0 Å². The lowest BCUT2D eigenvalue weighted by molar-refractivity contribution is -0.131. The van der Waals surface area contributed by atoms with Gasteiger partial charge in [-0.15, -0.1) is 0 Å². The van der Waals surface area contributed by atoms with Crippen molar-refractivity contribution in [2.45, 2.75) is 59.3 Å². The fraction of sp³-hybridized carbons (Fsp3) is 0.667. The summed E-state index contributed by atoms with van der Waals surface area (Å²) < 4.78 is 0. The van der Waals surface area contributed by atoms with Gasteiger partial charge in [0.15, 0.2) is 5.78 Å². The zero-order valence-electron chi connectivity index (χ0n) is 16.8.